The Kier molecular flexibility index (Phi) is 33.9. The molecule has 0 aliphatic carbocycles. The van der Waals surface area contributed by atoms with E-state index in [0.29, 0.717) is 55.4 Å². The van der Waals surface area contributed by atoms with Crippen LogP contribution in [-0.4, -0.2) is 198 Å². The summed E-state index contributed by atoms with van der Waals surface area (Å²) >= 11 is 1.45. The Morgan fingerprint density at radius 2 is 1.01 bits per heavy atom. The highest BCUT2D eigenvalue weighted by atomic mass is 32.2. The number of nitrogens with one attached hydrogen (secondary N) is 8. The van der Waals surface area contributed by atoms with Crippen molar-refractivity contribution in [2.24, 2.45) is 51.0 Å². The minimum Gasteiger partial charge on any atom is -0.370 e. The van der Waals surface area contributed by atoms with E-state index in [9.17, 15) is 62.3 Å². The van der Waals surface area contributed by atoms with Crippen molar-refractivity contribution >= 4 is 94.5 Å². The summed E-state index contributed by atoms with van der Waals surface area (Å²) in [4.78, 5) is 185. The van der Waals surface area contributed by atoms with Crippen molar-refractivity contribution in [3.8, 4) is 0 Å². The van der Waals surface area contributed by atoms with Gasteiger partial charge in [0.25, 0.3) is 0 Å². The van der Waals surface area contributed by atoms with Crippen LogP contribution < -0.4 is 82.7 Å². The maximum atomic E-state index is 14.7. The maximum absolute atomic E-state index is 14.7. The first-order chi connectivity index (χ1) is 45.2. The summed E-state index contributed by atoms with van der Waals surface area (Å²) in [5.41, 5.74) is 40.6. The molecule has 0 radical (unpaired) electrons. The molecule has 22 N–H and O–H groups in total. The van der Waals surface area contributed by atoms with Gasteiger partial charge in [-0.15, -0.1) is 0 Å². The van der Waals surface area contributed by atoms with Crippen LogP contribution in [0.4, 0.5) is 0 Å². The third-order valence-electron chi connectivity index (χ3n) is 16.0. The van der Waals surface area contributed by atoms with Crippen LogP contribution in [0.2, 0.25) is 0 Å². The fraction of sp³-hybridized carbons (Fsp3) is 0.587. The molecular formula is C63H98N18O13S. The number of hydrogen-bond donors (Lipinski definition) is 15. The number of aliphatic imine (C=N–C) groups is 1. The molecule has 2 fully saturated rings. The van der Waals surface area contributed by atoms with Crippen LogP contribution in [0.15, 0.2) is 65.7 Å². The van der Waals surface area contributed by atoms with Gasteiger partial charge in [0.1, 0.15) is 54.4 Å². The van der Waals surface area contributed by atoms with Crippen molar-refractivity contribution < 1.29 is 62.3 Å². The second-order valence-electron chi connectivity index (χ2n) is 24.1. The number of unbranched alkanes of at least 4 members (excludes halogenated alkanes) is 1. The molecule has 0 unspecified atom stereocenters. The van der Waals surface area contributed by atoms with Gasteiger partial charge in [0, 0.05) is 45.3 Å². The summed E-state index contributed by atoms with van der Waals surface area (Å²) < 4.78 is 0. The number of likely N-dealkylation sites (tertiary alicyclic amines) is 2. The predicted octanol–water partition coefficient (Wildman–Crippen LogP) is -3.71. The standard InChI is InChI=1S/C63H98N18O13S/c1-37(2)33-45(57(89)74-41(53(68)85)27-32-95-3)73-52(84)36-72-54(86)46(34-38-15-6-4-7-16-38)78-58(90)47(35-39-17-8-5-9-18-39)79-56(88)42(23-25-50(66)82)75-55(87)43(24-26-51(67)83)76-59(91)49-22-14-31-81(49)62(94)44(20-10-11-28-64)77-60(92)48-21-13-30-80(48)61(93)40(65)19-12-29-71-63(69)70/h4-9,15-18,37,40-49H,10-14,19-36,64-65H2,1-3H3,(H2,66,82)(H2,67,83)(H2,68,85)(H,72,86)(H,73,84)(H,74,89)(H,75,87)(H,76,91)(H,77,92)(H,78,90)(H,79,88)(H4,69,70,71)/t40-,41-,42-,43-,44+,45-,46+,47+,48+,49+/m0/s1. The van der Waals surface area contributed by atoms with Crippen molar-refractivity contribution in [1.82, 2.24) is 52.3 Å². The van der Waals surface area contributed by atoms with Gasteiger partial charge < -0.3 is 92.5 Å². The summed E-state index contributed by atoms with van der Waals surface area (Å²) in [6, 6.07) is 4.51. The smallest absolute Gasteiger partial charge is 0.245 e. The first-order valence-corrected chi connectivity index (χ1v) is 33.6. The van der Waals surface area contributed by atoms with Crippen molar-refractivity contribution in [3.05, 3.63) is 71.8 Å². The minimum absolute atomic E-state index is 0.0736. The van der Waals surface area contributed by atoms with E-state index in [4.69, 9.17) is 40.1 Å². The summed E-state index contributed by atoms with van der Waals surface area (Å²) in [7, 11) is 0. The molecular weight excluding hydrogens is 1250 g/mol. The molecule has 13 amide bonds. The fourth-order valence-electron chi connectivity index (χ4n) is 11.0. The largest absolute Gasteiger partial charge is 0.370 e. The van der Waals surface area contributed by atoms with E-state index in [1.165, 1.54) is 21.6 Å². The zero-order chi connectivity index (χ0) is 70.1. The highest BCUT2D eigenvalue weighted by molar-refractivity contribution is 7.98. The zero-order valence-electron chi connectivity index (χ0n) is 54.5. The van der Waals surface area contributed by atoms with Crippen LogP contribution in [-0.2, 0) is 75.2 Å². The molecule has 2 saturated heterocycles. The van der Waals surface area contributed by atoms with Gasteiger partial charge in [-0.25, -0.2) is 0 Å². The Morgan fingerprint density at radius 3 is 1.51 bits per heavy atom. The predicted molar refractivity (Wildman–Crippen MR) is 356 cm³/mol. The number of thioether (sulfide) groups is 1. The Hall–Kier alpha value is -8.91. The normalized spacial score (nSPS) is 16.8. The van der Waals surface area contributed by atoms with Crippen LogP contribution in [0, 0.1) is 5.92 Å². The fourth-order valence-corrected chi connectivity index (χ4v) is 11.5. The Balaban J connectivity index is 1.56. The molecule has 2 aliphatic heterocycles. The summed E-state index contributed by atoms with van der Waals surface area (Å²) in [6.45, 7) is 3.86. The molecule has 31 nitrogen and oxygen atoms in total. The van der Waals surface area contributed by atoms with E-state index >= 15 is 0 Å². The van der Waals surface area contributed by atoms with Crippen LogP contribution >= 0.6 is 11.8 Å². The lowest BCUT2D eigenvalue weighted by Gasteiger charge is -2.32. The molecule has 95 heavy (non-hydrogen) atoms. The van der Waals surface area contributed by atoms with Gasteiger partial charge in [0.05, 0.1) is 12.6 Å². The molecule has 2 heterocycles. The van der Waals surface area contributed by atoms with Gasteiger partial charge in [-0.05, 0) is 119 Å². The lowest BCUT2D eigenvalue weighted by Crippen LogP contribution is -2.60. The quantitative estimate of drug-likeness (QED) is 0.0173. The van der Waals surface area contributed by atoms with Gasteiger partial charge in [-0.2, -0.15) is 11.8 Å². The number of primary amides is 3. The van der Waals surface area contributed by atoms with E-state index in [-0.39, 0.29) is 83.0 Å². The number of hydrogen-bond acceptors (Lipinski definition) is 17. The number of benzene rings is 2. The van der Waals surface area contributed by atoms with Crippen LogP contribution in [0.25, 0.3) is 0 Å². The molecule has 524 valence electrons. The third kappa shape index (κ3) is 27.5. The number of rotatable bonds is 42. The number of carbonyl (C=O) groups excluding carboxylic acids is 13. The molecule has 2 aliphatic rings. The number of amides is 13. The van der Waals surface area contributed by atoms with Crippen LogP contribution in [0.5, 0.6) is 0 Å². The lowest BCUT2D eigenvalue weighted by atomic mass is 10.0. The maximum Gasteiger partial charge on any atom is 0.245 e. The van der Waals surface area contributed by atoms with Crippen molar-refractivity contribution in [3.63, 3.8) is 0 Å². The zero-order valence-corrected chi connectivity index (χ0v) is 55.3. The number of carbonyl (C=O) groups is 13. The Bertz CT molecular complexity index is 2960. The minimum atomic E-state index is -1.64. The first kappa shape index (κ1) is 78.5. The SMILES string of the molecule is CSCC[C@H](NC(=O)[C@H](CC(C)C)NC(=O)CNC(=O)[C@@H](Cc1ccccc1)NC(=O)[C@@H](Cc1ccccc1)NC(=O)[C@H](CCC(N)=O)NC(=O)[C@H](CCC(N)=O)NC(=O)[C@H]1CCCN1C(=O)[C@@H](CCCCN)NC(=O)[C@H]1CCCN1C(=O)[C@@H](N)CCCN=C(N)N)C(N)=O. The lowest BCUT2D eigenvalue weighted by molar-refractivity contribution is -0.144. The highest BCUT2D eigenvalue weighted by Gasteiger charge is 2.42. The highest BCUT2D eigenvalue weighted by Crippen LogP contribution is 2.24. The molecule has 2 aromatic carbocycles. The van der Waals surface area contributed by atoms with Crippen LogP contribution in [0.1, 0.15) is 121 Å². The Morgan fingerprint density at radius 1 is 0.537 bits per heavy atom. The van der Waals surface area contributed by atoms with E-state index in [1.807, 2.05) is 20.1 Å². The Labute approximate surface area is 558 Å². The van der Waals surface area contributed by atoms with Gasteiger partial charge in [-0.1, -0.05) is 74.5 Å². The van der Waals surface area contributed by atoms with Crippen molar-refractivity contribution in [1.29, 1.82) is 0 Å². The molecule has 0 aromatic heterocycles. The van der Waals surface area contributed by atoms with Gasteiger partial charge >= 0.3 is 0 Å². The first-order valence-electron chi connectivity index (χ1n) is 32.2. The second-order valence-corrected chi connectivity index (χ2v) is 25.1. The average molecular weight is 1350 g/mol. The molecule has 4 rings (SSSR count). The summed E-state index contributed by atoms with van der Waals surface area (Å²) in [5.74, 6) is -9.80. The third-order valence-corrected chi connectivity index (χ3v) is 16.7. The number of guanidine groups is 1. The molecule has 32 heteroatoms. The number of nitrogens with two attached hydrogens (primary N) is 7. The van der Waals surface area contributed by atoms with Crippen molar-refractivity contribution in [2.75, 3.05) is 44.7 Å². The molecule has 0 saturated carbocycles. The average Bonchev–Trinajstić information content (AvgIpc) is 1.74. The van der Waals surface area contributed by atoms with Gasteiger partial charge in [-0.3, -0.25) is 67.3 Å². The van der Waals surface area contributed by atoms with Crippen molar-refractivity contribution in [2.45, 2.75) is 183 Å². The van der Waals surface area contributed by atoms with E-state index in [0.717, 1.165) is 0 Å². The van der Waals surface area contributed by atoms with E-state index in [1.54, 1.807) is 60.7 Å². The van der Waals surface area contributed by atoms with Crippen LogP contribution in [0.3, 0.4) is 0 Å². The summed E-state index contributed by atoms with van der Waals surface area (Å²) in [6.07, 6.45) is 3.12. The second kappa shape index (κ2) is 41.0. The molecule has 2 aromatic rings. The summed E-state index contributed by atoms with van der Waals surface area (Å²) in [5, 5.41) is 21.1. The molecule has 0 spiro atoms. The topological polar surface area (TPSA) is 519 Å². The molecule has 10 atom stereocenters. The monoisotopic (exact) mass is 1350 g/mol. The van der Waals surface area contributed by atoms with E-state index in [2.05, 4.69) is 47.5 Å². The number of nitrogens with zero attached hydrogens (tertiary/aromatic N) is 3. The van der Waals surface area contributed by atoms with Gasteiger partial charge in [0.2, 0.25) is 76.8 Å². The molecule has 0 bridgehead atoms. The van der Waals surface area contributed by atoms with Gasteiger partial charge in [0.15, 0.2) is 5.96 Å². The van der Waals surface area contributed by atoms with E-state index < -0.39 is 169 Å².